The number of carbonyl (C=O) groups is 1. The molecule has 158 valence electrons. The van der Waals surface area contributed by atoms with Gasteiger partial charge in [0.15, 0.2) is 0 Å². The minimum Gasteiger partial charge on any atom is -0.494 e. The number of aromatic nitrogens is 2. The molecule has 3 N–H and O–H groups in total. The zero-order chi connectivity index (χ0) is 22.0. The number of aromatic amines is 2. The summed E-state index contributed by atoms with van der Waals surface area (Å²) in [6.45, 7) is 6.28. The highest BCUT2D eigenvalue weighted by molar-refractivity contribution is 6.17. The first-order chi connectivity index (χ1) is 13.9. The molecular formula is C22H26N4O4. The molecule has 1 aromatic carbocycles. The van der Waals surface area contributed by atoms with Gasteiger partial charge < -0.3 is 10.0 Å². The van der Waals surface area contributed by atoms with Crippen LogP contribution in [0.3, 0.4) is 0 Å². The maximum absolute atomic E-state index is 12.5. The number of H-pyrrole nitrogens is 2. The number of rotatable bonds is 3. The maximum atomic E-state index is 12.5. The molecule has 1 unspecified atom stereocenters. The number of hydrogen-bond donors (Lipinski definition) is 3. The van der Waals surface area contributed by atoms with Gasteiger partial charge >= 0.3 is 5.69 Å². The Hall–Kier alpha value is -3.16. The standard InChI is InChI=1S/C22H26N4O4/c1-21(2,3)11-6-7-14-13(8-11)17(16-18(28)23-20(30)24-19(16)29)25-22(14)10-12(22)9-15(27)26(4)5/h6-8,12H,9-10H2,1-5H3,(H3,23,24,28,29,30)/t12-,22?/m1/s1. The van der Waals surface area contributed by atoms with Gasteiger partial charge in [0.2, 0.25) is 11.8 Å². The van der Waals surface area contributed by atoms with Gasteiger partial charge in [-0.3, -0.25) is 24.5 Å². The topological polar surface area (TPSA) is 119 Å². The van der Waals surface area contributed by atoms with Crippen LogP contribution in [0.1, 0.15) is 55.9 Å². The second kappa shape index (κ2) is 6.42. The van der Waals surface area contributed by atoms with Crippen LogP contribution in [0, 0.1) is 5.92 Å². The molecule has 1 fully saturated rings. The van der Waals surface area contributed by atoms with Crippen LogP contribution in [0.2, 0.25) is 0 Å². The Bertz CT molecular complexity index is 1200. The van der Waals surface area contributed by atoms with Crippen molar-refractivity contribution in [2.45, 2.75) is 44.6 Å². The maximum Gasteiger partial charge on any atom is 0.328 e. The quantitative estimate of drug-likeness (QED) is 0.712. The van der Waals surface area contributed by atoms with Gasteiger partial charge in [0.25, 0.3) is 5.56 Å². The van der Waals surface area contributed by atoms with Gasteiger partial charge in [0, 0.05) is 26.1 Å². The number of nitrogens with one attached hydrogen (secondary N) is 2. The molecule has 1 spiro atoms. The lowest BCUT2D eigenvalue weighted by atomic mass is 9.83. The number of amides is 1. The summed E-state index contributed by atoms with van der Waals surface area (Å²) < 4.78 is 0. The predicted molar refractivity (Wildman–Crippen MR) is 113 cm³/mol. The van der Waals surface area contributed by atoms with Crippen LogP contribution in [-0.2, 0) is 15.7 Å². The smallest absolute Gasteiger partial charge is 0.328 e. The summed E-state index contributed by atoms with van der Waals surface area (Å²) in [4.78, 5) is 47.2. The minimum absolute atomic E-state index is 0.0214. The fourth-order valence-corrected chi connectivity index (χ4v) is 4.21. The van der Waals surface area contributed by atoms with Crippen LogP contribution in [0.4, 0.5) is 0 Å². The average Bonchev–Trinajstić information content (AvgIpc) is 3.21. The van der Waals surface area contributed by atoms with E-state index >= 15 is 0 Å². The summed E-state index contributed by atoms with van der Waals surface area (Å²) in [6, 6.07) is 6.07. The van der Waals surface area contributed by atoms with Gasteiger partial charge in [0.1, 0.15) is 5.56 Å². The third kappa shape index (κ3) is 3.07. The summed E-state index contributed by atoms with van der Waals surface area (Å²) in [5, 5.41) is 10.3. The summed E-state index contributed by atoms with van der Waals surface area (Å²) in [5.74, 6) is -0.459. The van der Waals surface area contributed by atoms with Crippen LogP contribution in [0.25, 0.3) is 0 Å². The molecule has 30 heavy (non-hydrogen) atoms. The highest BCUT2D eigenvalue weighted by atomic mass is 16.3. The second-order valence-electron chi connectivity index (χ2n) is 9.42. The number of fused-ring (bicyclic) bond motifs is 2. The molecule has 8 heteroatoms. The molecule has 1 aromatic heterocycles. The third-order valence-corrected chi connectivity index (χ3v) is 6.07. The van der Waals surface area contributed by atoms with Crippen LogP contribution < -0.4 is 11.2 Å². The van der Waals surface area contributed by atoms with E-state index < -0.39 is 22.7 Å². The van der Waals surface area contributed by atoms with Crippen molar-refractivity contribution in [3.8, 4) is 5.88 Å². The molecule has 1 saturated carbocycles. The SMILES string of the molecule is CN(C)C(=O)C[C@@H]1CC12N=C(c1c(O)[nH]c(=O)[nH]c1=O)c1cc(C(C)(C)C)ccc12. The lowest BCUT2D eigenvalue weighted by molar-refractivity contribution is -0.129. The molecule has 1 aliphatic heterocycles. The molecule has 8 nitrogen and oxygen atoms in total. The van der Waals surface area contributed by atoms with Crippen molar-refractivity contribution >= 4 is 11.6 Å². The average molecular weight is 410 g/mol. The molecule has 0 radical (unpaired) electrons. The van der Waals surface area contributed by atoms with Gasteiger partial charge in [-0.25, -0.2) is 4.79 Å². The highest BCUT2D eigenvalue weighted by Gasteiger charge is 2.60. The van der Waals surface area contributed by atoms with Crippen molar-refractivity contribution in [1.82, 2.24) is 14.9 Å². The highest BCUT2D eigenvalue weighted by Crippen LogP contribution is 2.61. The van der Waals surface area contributed by atoms with Gasteiger partial charge in [-0.1, -0.05) is 32.9 Å². The van der Waals surface area contributed by atoms with Gasteiger partial charge in [0.05, 0.1) is 11.3 Å². The van der Waals surface area contributed by atoms with Crippen molar-refractivity contribution in [1.29, 1.82) is 0 Å². The first-order valence-electron chi connectivity index (χ1n) is 9.95. The molecule has 0 saturated heterocycles. The van der Waals surface area contributed by atoms with Crippen LogP contribution in [0.15, 0.2) is 32.8 Å². The van der Waals surface area contributed by atoms with Crippen LogP contribution >= 0.6 is 0 Å². The summed E-state index contributed by atoms with van der Waals surface area (Å²) in [6.07, 6.45) is 1.05. The zero-order valence-corrected chi connectivity index (χ0v) is 17.8. The van der Waals surface area contributed by atoms with Crippen molar-refractivity contribution in [2.24, 2.45) is 10.9 Å². The molecule has 2 heterocycles. The largest absolute Gasteiger partial charge is 0.494 e. The molecular weight excluding hydrogens is 384 g/mol. The summed E-state index contributed by atoms with van der Waals surface area (Å²) in [5.41, 5.74) is 0.894. The fraction of sp³-hybridized carbons (Fsp3) is 0.455. The monoisotopic (exact) mass is 410 g/mol. The van der Waals surface area contributed by atoms with E-state index in [-0.39, 0.29) is 22.8 Å². The molecule has 1 amide bonds. The fourth-order valence-electron chi connectivity index (χ4n) is 4.21. The Labute approximate surface area is 173 Å². The van der Waals surface area contributed by atoms with Gasteiger partial charge in [-0.2, -0.15) is 0 Å². The predicted octanol–water partition coefficient (Wildman–Crippen LogP) is 1.61. The first kappa shape index (κ1) is 20.1. The molecule has 2 atom stereocenters. The van der Waals surface area contributed by atoms with Crippen LogP contribution in [0.5, 0.6) is 5.88 Å². The Morgan fingerprint density at radius 3 is 2.57 bits per heavy atom. The molecule has 2 aliphatic rings. The zero-order valence-electron chi connectivity index (χ0n) is 17.8. The number of aliphatic imine (C=N–C) groups is 1. The third-order valence-electron chi connectivity index (χ3n) is 6.07. The Morgan fingerprint density at radius 2 is 1.97 bits per heavy atom. The lowest BCUT2D eigenvalue weighted by Gasteiger charge is -2.21. The number of aromatic hydroxyl groups is 1. The summed E-state index contributed by atoms with van der Waals surface area (Å²) >= 11 is 0. The number of nitrogens with zero attached hydrogens (tertiary/aromatic N) is 2. The van der Waals surface area contributed by atoms with Gasteiger partial charge in [-0.05, 0) is 34.9 Å². The van der Waals surface area contributed by atoms with E-state index in [1.807, 2.05) is 12.1 Å². The second-order valence-corrected chi connectivity index (χ2v) is 9.42. The van der Waals surface area contributed by atoms with Crippen LogP contribution in [-0.4, -0.2) is 45.7 Å². The van der Waals surface area contributed by atoms with E-state index in [4.69, 9.17) is 4.99 Å². The molecule has 0 bridgehead atoms. The van der Waals surface area contributed by atoms with Gasteiger partial charge in [-0.15, -0.1) is 0 Å². The van der Waals surface area contributed by atoms with E-state index in [2.05, 4.69) is 36.8 Å². The van der Waals surface area contributed by atoms with Crippen molar-refractivity contribution < 1.29 is 9.90 Å². The van der Waals surface area contributed by atoms with E-state index in [0.29, 0.717) is 18.6 Å². The Morgan fingerprint density at radius 1 is 1.27 bits per heavy atom. The van der Waals surface area contributed by atoms with E-state index in [9.17, 15) is 19.5 Å². The molecule has 2 aromatic rings. The van der Waals surface area contributed by atoms with Crippen molar-refractivity contribution in [3.63, 3.8) is 0 Å². The number of hydrogen-bond acceptors (Lipinski definition) is 5. The normalized spacial score (nSPS) is 22.0. The molecule has 4 rings (SSSR count). The Kier molecular flexibility index (Phi) is 4.31. The molecule has 1 aliphatic carbocycles. The van der Waals surface area contributed by atoms with E-state index in [0.717, 1.165) is 16.7 Å². The first-order valence-corrected chi connectivity index (χ1v) is 9.95. The van der Waals surface area contributed by atoms with E-state index in [1.54, 1.807) is 19.0 Å². The minimum atomic E-state index is -0.779. The number of carbonyl (C=O) groups excluding carboxylic acids is 1. The van der Waals surface area contributed by atoms with Crippen molar-refractivity contribution in [3.05, 3.63) is 61.3 Å². The Balaban J connectivity index is 1.88. The van der Waals surface area contributed by atoms with Crippen molar-refractivity contribution in [2.75, 3.05) is 14.1 Å². The summed E-state index contributed by atoms with van der Waals surface area (Å²) in [7, 11) is 3.45. The number of benzene rings is 1. The van der Waals surface area contributed by atoms with E-state index in [1.165, 1.54) is 0 Å². The lowest BCUT2D eigenvalue weighted by Crippen LogP contribution is -2.28.